The van der Waals surface area contributed by atoms with E-state index in [1.54, 1.807) is 25.4 Å². The van der Waals surface area contributed by atoms with E-state index in [9.17, 15) is 9.70 Å². The fourth-order valence-electron chi connectivity index (χ4n) is 1.20. The minimum Gasteiger partial charge on any atom is -0.264 e. The van der Waals surface area contributed by atoms with Crippen molar-refractivity contribution >= 4 is 11.6 Å². The highest BCUT2D eigenvalue weighted by atomic mass is 16.3. The van der Waals surface area contributed by atoms with Gasteiger partial charge in [-0.3, -0.25) is 14.8 Å². The van der Waals surface area contributed by atoms with Crippen LogP contribution >= 0.6 is 0 Å². The van der Waals surface area contributed by atoms with Gasteiger partial charge in [-0.2, -0.15) is 0 Å². The van der Waals surface area contributed by atoms with Gasteiger partial charge in [0.05, 0.1) is 0 Å². The van der Waals surface area contributed by atoms with Gasteiger partial charge in [0.15, 0.2) is 0 Å². The van der Waals surface area contributed by atoms with Gasteiger partial charge in [0.2, 0.25) is 0 Å². The minimum atomic E-state index is -0.787. The number of carbonyl (C=O) groups excluding carboxylic acids is 1. The molecule has 0 aliphatic heterocycles. The second-order valence-electron chi connectivity index (χ2n) is 3.55. The van der Waals surface area contributed by atoms with Gasteiger partial charge in [-0.25, -0.2) is 0 Å². The third kappa shape index (κ3) is 3.41. The predicted molar refractivity (Wildman–Crippen MR) is 65.6 cm³/mol. The van der Waals surface area contributed by atoms with Gasteiger partial charge in [0.1, 0.15) is 0 Å². The summed E-state index contributed by atoms with van der Waals surface area (Å²) in [6.07, 6.45) is 3.35. The van der Waals surface area contributed by atoms with Crippen LogP contribution in [0, 0.1) is 4.91 Å². The zero-order valence-corrected chi connectivity index (χ0v) is 9.97. The Morgan fingerprint density at radius 1 is 1.29 bits per heavy atom. The van der Waals surface area contributed by atoms with E-state index < -0.39 is 5.91 Å². The second-order valence-corrected chi connectivity index (χ2v) is 3.55. The minimum absolute atomic E-state index is 0.253. The van der Waals surface area contributed by atoms with Crippen LogP contribution in [0.25, 0.3) is 0 Å². The Bertz CT molecular complexity index is 490. The summed E-state index contributed by atoms with van der Waals surface area (Å²) < 4.78 is 0. The van der Waals surface area contributed by atoms with E-state index in [0.717, 1.165) is 11.3 Å². The number of aliphatic imine (C=N–C) groups is 1. The molecule has 17 heavy (non-hydrogen) atoms. The second kappa shape index (κ2) is 5.79. The molecular formula is C12H13N3O2. The fraction of sp³-hybridized carbons (Fsp3) is 0.250. The molecule has 0 aliphatic rings. The Hall–Kier alpha value is -2.17. The lowest BCUT2D eigenvalue weighted by atomic mass is 10.2. The monoisotopic (exact) mass is 231 g/mol. The number of pyridine rings is 1. The summed E-state index contributed by atoms with van der Waals surface area (Å²) in [7, 11) is 0. The lowest BCUT2D eigenvalue weighted by Gasteiger charge is -2.02. The van der Waals surface area contributed by atoms with Crippen molar-refractivity contribution in [1.82, 2.24) is 4.98 Å². The summed E-state index contributed by atoms with van der Waals surface area (Å²) >= 11 is 0. The molecule has 1 rings (SSSR count). The van der Waals surface area contributed by atoms with Crippen LogP contribution in [-0.4, -0.2) is 16.6 Å². The van der Waals surface area contributed by atoms with E-state index >= 15 is 0 Å². The Morgan fingerprint density at radius 3 is 2.53 bits per heavy atom. The van der Waals surface area contributed by atoms with Crippen molar-refractivity contribution in [3.8, 4) is 0 Å². The normalized spacial score (nSPS) is 13.0. The number of hydrogen-bond donors (Lipinski definition) is 0. The molecule has 1 aromatic rings. The van der Waals surface area contributed by atoms with Crippen molar-refractivity contribution < 1.29 is 4.79 Å². The molecule has 88 valence electrons. The van der Waals surface area contributed by atoms with Crippen LogP contribution in [0.4, 0.5) is 0 Å². The van der Waals surface area contributed by atoms with Gasteiger partial charge in [-0.15, -0.1) is 4.91 Å². The number of carbonyl (C=O) groups is 1. The summed E-state index contributed by atoms with van der Waals surface area (Å²) in [5.74, 6) is -0.787. The zero-order chi connectivity index (χ0) is 12.8. The van der Waals surface area contributed by atoms with Crippen LogP contribution < -0.4 is 0 Å². The molecule has 0 saturated heterocycles. The third-order valence-electron chi connectivity index (χ3n) is 2.36. The molecule has 0 atom stereocenters. The molecule has 0 saturated carbocycles. The van der Waals surface area contributed by atoms with Crippen LogP contribution in [0.1, 0.15) is 26.3 Å². The highest BCUT2D eigenvalue weighted by molar-refractivity contribution is 6.00. The van der Waals surface area contributed by atoms with E-state index in [1.807, 2.05) is 13.0 Å². The smallest absolute Gasteiger partial charge is 0.264 e. The number of amides is 1. The third-order valence-corrected chi connectivity index (χ3v) is 2.36. The summed E-state index contributed by atoms with van der Waals surface area (Å²) in [6.45, 7) is 5.00. The van der Waals surface area contributed by atoms with Crippen LogP contribution in [0.3, 0.4) is 0 Å². The Balaban J connectivity index is 3.04. The largest absolute Gasteiger partial charge is 0.314 e. The molecule has 0 unspecified atom stereocenters. The number of nitroso groups, excluding NO2 is 1. The molecular weight excluding hydrogens is 218 g/mol. The standard InChI is InChI=1S/C12H13N3O2/c1-8(12(16)15-17)9(2)14-10(3)11-5-4-6-13-7-11/h4-7H,1-3H3/b9-8+,14-10+. The maximum atomic E-state index is 11.1. The Kier molecular flexibility index (Phi) is 4.39. The number of allylic oxidation sites excluding steroid dienone is 1. The fourth-order valence-corrected chi connectivity index (χ4v) is 1.20. The van der Waals surface area contributed by atoms with Crippen LogP contribution in [-0.2, 0) is 4.79 Å². The molecule has 1 amide bonds. The van der Waals surface area contributed by atoms with Crippen molar-refractivity contribution in [1.29, 1.82) is 0 Å². The molecule has 0 N–H and O–H groups in total. The molecule has 5 heteroatoms. The van der Waals surface area contributed by atoms with Crippen molar-refractivity contribution in [2.24, 2.45) is 10.2 Å². The average molecular weight is 231 g/mol. The number of nitrogens with zero attached hydrogens (tertiary/aromatic N) is 3. The molecule has 5 nitrogen and oxygen atoms in total. The van der Waals surface area contributed by atoms with Gasteiger partial charge in [-0.05, 0) is 26.8 Å². The molecule has 0 aliphatic carbocycles. The highest BCUT2D eigenvalue weighted by Gasteiger charge is 2.07. The quantitative estimate of drug-likeness (QED) is 0.455. The van der Waals surface area contributed by atoms with Gasteiger partial charge < -0.3 is 0 Å². The number of aromatic nitrogens is 1. The summed E-state index contributed by atoms with van der Waals surface area (Å²) in [5, 5.41) is 2.36. The number of rotatable bonds is 3. The zero-order valence-electron chi connectivity index (χ0n) is 9.97. The van der Waals surface area contributed by atoms with E-state index in [-0.39, 0.29) is 5.57 Å². The first-order chi connectivity index (χ1) is 8.06. The van der Waals surface area contributed by atoms with Crippen molar-refractivity contribution in [3.05, 3.63) is 46.3 Å². The molecule has 0 aromatic carbocycles. The van der Waals surface area contributed by atoms with E-state index in [4.69, 9.17) is 0 Å². The summed E-state index contributed by atoms with van der Waals surface area (Å²) in [6, 6.07) is 3.67. The Morgan fingerprint density at radius 2 is 2.00 bits per heavy atom. The molecule has 0 bridgehead atoms. The van der Waals surface area contributed by atoms with Crippen LogP contribution in [0.2, 0.25) is 0 Å². The molecule has 0 fully saturated rings. The van der Waals surface area contributed by atoms with E-state index in [1.165, 1.54) is 6.92 Å². The summed E-state index contributed by atoms with van der Waals surface area (Å²) in [4.78, 5) is 29.4. The molecule has 1 heterocycles. The molecule has 0 spiro atoms. The predicted octanol–water partition coefficient (Wildman–Crippen LogP) is 2.48. The lowest BCUT2D eigenvalue weighted by Crippen LogP contribution is -2.00. The van der Waals surface area contributed by atoms with Gasteiger partial charge in [-0.1, -0.05) is 6.07 Å². The first kappa shape index (κ1) is 12.9. The van der Waals surface area contributed by atoms with E-state index in [0.29, 0.717) is 5.70 Å². The maximum absolute atomic E-state index is 11.1. The summed E-state index contributed by atoms with van der Waals surface area (Å²) in [5.41, 5.74) is 2.33. The number of hydrogen-bond acceptors (Lipinski definition) is 4. The maximum Gasteiger partial charge on any atom is 0.314 e. The highest BCUT2D eigenvalue weighted by Crippen LogP contribution is 2.09. The van der Waals surface area contributed by atoms with Gasteiger partial charge in [0, 0.05) is 40.1 Å². The molecule has 0 radical (unpaired) electrons. The topological polar surface area (TPSA) is 71.8 Å². The SMILES string of the molecule is C/C(=N\C(C)=C(/C)C(=O)N=O)c1cccnc1. The van der Waals surface area contributed by atoms with Crippen LogP contribution in [0.15, 0.2) is 46.0 Å². The van der Waals surface area contributed by atoms with Crippen LogP contribution in [0.5, 0.6) is 0 Å². The Labute approximate surface area is 99.3 Å². The van der Waals surface area contributed by atoms with Crippen molar-refractivity contribution in [2.75, 3.05) is 0 Å². The molecule has 1 aromatic heterocycles. The first-order valence-corrected chi connectivity index (χ1v) is 5.07. The van der Waals surface area contributed by atoms with Crippen molar-refractivity contribution in [3.63, 3.8) is 0 Å². The van der Waals surface area contributed by atoms with Gasteiger partial charge >= 0.3 is 5.91 Å². The average Bonchev–Trinajstić information content (AvgIpc) is 2.37. The lowest BCUT2D eigenvalue weighted by molar-refractivity contribution is -0.114. The van der Waals surface area contributed by atoms with E-state index in [2.05, 4.69) is 15.2 Å². The first-order valence-electron chi connectivity index (χ1n) is 5.07. The van der Waals surface area contributed by atoms with Gasteiger partial charge in [0.25, 0.3) is 0 Å². The van der Waals surface area contributed by atoms with Crippen molar-refractivity contribution in [2.45, 2.75) is 20.8 Å².